The van der Waals surface area contributed by atoms with Gasteiger partial charge in [0.1, 0.15) is 5.82 Å². The molecular formula is C9H8N4O2S3. The number of rotatable bonds is 4. The van der Waals surface area contributed by atoms with Crippen molar-refractivity contribution in [1.29, 1.82) is 0 Å². The number of thioether (sulfide) groups is 1. The molecule has 94 valence electrons. The number of hydrogen-bond donors (Lipinski definition) is 2. The van der Waals surface area contributed by atoms with Gasteiger partial charge in [0, 0.05) is 11.1 Å². The van der Waals surface area contributed by atoms with Crippen LogP contribution in [-0.4, -0.2) is 32.5 Å². The lowest BCUT2D eigenvalue weighted by Gasteiger charge is -2.03. The number of aromatic nitrogens is 3. The second-order valence-corrected chi connectivity index (χ2v) is 6.37. The van der Waals surface area contributed by atoms with Crippen molar-refractivity contribution >= 4 is 46.6 Å². The van der Waals surface area contributed by atoms with E-state index in [4.69, 9.17) is 10.8 Å². The summed E-state index contributed by atoms with van der Waals surface area (Å²) in [5.41, 5.74) is 5.59. The Morgan fingerprint density at radius 3 is 2.78 bits per heavy atom. The number of carboxylic acid groups (broad SMARTS) is 1. The molecule has 0 radical (unpaired) electrons. The minimum Gasteiger partial charge on any atom is -0.478 e. The minimum atomic E-state index is -1.04. The van der Waals surface area contributed by atoms with E-state index in [-0.39, 0.29) is 11.4 Å². The van der Waals surface area contributed by atoms with E-state index in [9.17, 15) is 4.79 Å². The Labute approximate surface area is 115 Å². The summed E-state index contributed by atoms with van der Waals surface area (Å²) in [5, 5.41) is 17.0. The largest absolute Gasteiger partial charge is 0.478 e. The van der Waals surface area contributed by atoms with E-state index in [2.05, 4.69) is 15.2 Å². The lowest BCUT2D eigenvalue weighted by molar-refractivity contribution is 0.0693. The van der Waals surface area contributed by atoms with Crippen molar-refractivity contribution < 1.29 is 9.90 Å². The molecule has 0 saturated heterocycles. The average molecular weight is 300 g/mol. The van der Waals surface area contributed by atoms with Gasteiger partial charge in [-0.3, -0.25) is 0 Å². The van der Waals surface area contributed by atoms with E-state index in [1.165, 1.54) is 47.1 Å². The molecule has 18 heavy (non-hydrogen) atoms. The summed E-state index contributed by atoms with van der Waals surface area (Å²) in [6.45, 7) is 0. The van der Waals surface area contributed by atoms with E-state index in [1.807, 2.05) is 6.26 Å². The Balaban J connectivity index is 2.30. The molecule has 9 heteroatoms. The zero-order valence-electron chi connectivity index (χ0n) is 9.15. The summed E-state index contributed by atoms with van der Waals surface area (Å²) >= 11 is 4.12. The van der Waals surface area contributed by atoms with Crippen LogP contribution in [0.1, 0.15) is 10.4 Å². The van der Waals surface area contributed by atoms with Crippen molar-refractivity contribution in [3.05, 3.63) is 17.8 Å². The van der Waals surface area contributed by atoms with Gasteiger partial charge < -0.3 is 10.8 Å². The monoisotopic (exact) mass is 300 g/mol. The molecule has 0 aliphatic rings. The Kier molecular flexibility index (Phi) is 4.04. The summed E-state index contributed by atoms with van der Waals surface area (Å²) in [6, 6.07) is 1.33. The van der Waals surface area contributed by atoms with Crippen molar-refractivity contribution in [3.8, 4) is 0 Å². The Morgan fingerprint density at radius 2 is 2.17 bits per heavy atom. The summed E-state index contributed by atoms with van der Waals surface area (Å²) < 4.78 is 1.51. The van der Waals surface area contributed by atoms with Crippen LogP contribution in [0, 0.1) is 0 Å². The third-order valence-electron chi connectivity index (χ3n) is 1.88. The zero-order chi connectivity index (χ0) is 13.1. The predicted molar refractivity (Wildman–Crippen MR) is 71.4 cm³/mol. The summed E-state index contributed by atoms with van der Waals surface area (Å²) in [5.74, 6) is -0.861. The Hall–Kier alpha value is -1.32. The molecular weight excluding hydrogens is 292 g/mol. The van der Waals surface area contributed by atoms with Gasteiger partial charge >= 0.3 is 5.97 Å². The summed E-state index contributed by atoms with van der Waals surface area (Å²) in [4.78, 5) is 15.5. The first kappa shape index (κ1) is 13.1. The highest BCUT2D eigenvalue weighted by Gasteiger charge is 2.14. The van der Waals surface area contributed by atoms with Gasteiger partial charge in [-0.2, -0.15) is 0 Å². The first-order valence-electron chi connectivity index (χ1n) is 4.64. The summed E-state index contributed by atoms with van der Waals surface area (Å²) in [7, 11) is 0. The minimum absolute atomic E-state index is 0.119. The third kappa shape index (κ3) is 2.92. The molecule has 0 aromatic carbocycles. The van der Waals surface area contributed by atoms with Crippen LogP contribution in [0.4, 0.5) is 5.82 Å². The maximum atomic E-state index is 11.1. The van der Waals surface area contributed by atoms with E-state index >= 15 is 0 Å². The van der Waals surface area contributed by atoms with Gasteiger partial charge in [0.15, 0.2) is 8.68 Å². The van der Waals surface area contributed by atoms with E-state index in [1.54, 1.807) is 0 Å². The van der Waals surface area contributed by atoms with E-state index < -0.39 is 5.97 Å². The number of anilines is 1. The number of aromatic carboxylic acids is 1. The topological polar surface area (TPSA) is 102 Å². The second kappa shape index (κ2) is 5.55. The normalized spacial score (nSPS) is 10.5. The van der Waals surface area contributed by atoms with Crippen LogP contribution in [0.25, 0.3) is 0 Å². The molecule has 0 atom stereocenters. The molecule has 6 nitrogen and oxygen atoms in total. The molecule has 0 spiro atoms. The molecule has 0 aliphatic carbocycles. The highest BCUT2D eigenvalue weighted by atomic mass is 32.2. The van der Waals surface area contributed by atoms with Crippen molar-refractivity contribution in [3.63, 3.8) is 0 Å². The highest BCUT2D eigenvalue weighted by Crippen LogP contribution is 2.34. The first-order chi connectivity index (χ1) is 8.60. The van der Waals surface area contributed by atoms with Gasteiger partial charge in [-0.1, -0.05) is 34.9 Å². The van der Waals surface area contributed by atoms with E-state index in [0.717, 1.165) is 4.34 Å². The Bertz CT molecular complexity index is 587. The lowest BCUT2D eigenvalue weighted by atomic mass is 10.2. The van der Waals surface area contributed by atoms with Crippen LogP contribution < -0.4 is 5.73 Å². The number of carbonyl (C=O) groups is 1. The van der Waals surface area contributed by atoms with Crippen LogP contribution in [-0.2, 0) is 0 Å². The van der Waals surface area contributed by atoms with Crippen molar-refractivity contribution in [2.75, 3.05) is 12.0 Å². The van der Waals surface area contributed by atoms with Crippen LogP contribution in [0.3, 0.4) is 0 Å². The zero-order valence-corrected chi connectivity index (χ0v) is 11.6. The molecule has 2 heterocycles. The number of hydrogen-bond acceptors (Lipinski definition) is 8. The predicted octanol–water partition coefficient (Wildman–Crippen LogP) is 2.09. The van der Waals surface area contributed by atoms with E-state index in [0.29, 0.717) is 9.24 Å². The maximum absolute atomic E-state index is 11.1. The van der Waals surface area contributed by atoms with Crippen LogP contribution in [0.5, 0.6) is 0 Å². The van der Waals surface area contributed by atoms with Crippen LogP contribution >= 0.6 is 34.9 Å². The van der Waals surface area contributed by atoms with Crippen molar-refractivity contribution in [1.82, 2.24) is 15.2 Å². The standard InChI is InChI=1S/C9H8N4O2S3/c1-16-8-12-13-9(18-8)17-5-3-11-6(10)2-4(5)7(14)15/h2-3H,1H3,(H2,10,11)(H,14,15). The van der Waals surface area contributed by atoms with Crippen molar-refractivity contribution in [2.45, 2.75) is 13.6 Å². The van der Waals surface area contributed by atoms with Crippen molar-refractivity contribution in [2.24, 2.45) is 0 Å². The highest BCUT2D eigenvalue weighted by molar-refractivity contribution is 8.03. The number of nitrogens with two attached hydrogens (primary N) is 1. The smallest absolute Gasteiger partial charge is 0.337 e. The number of carboxylic acids is 1. The first-order valence-corrected chi connectivity index (χ1v) is 7.50. The quantitative estimate of drug-likeness (QED) is 0.827. The maximum Gasteiger partial charge on any atom is 0.337 e. The SMILES string of the molecule is CSc1nnc(Sc2cnc(N)cc2C(=O)O)s1. The molecule has 0 unspecified atom stereocenters. The molecule has 0 fully saturated rings. The fourth-order valence-corrected chi connectivity index (χ4v) is 3.59. The lowest BCUT2D eigenvalue weighted by Crippen LogP contribution is -2.02. The van der Waals surface area contributed by atoms with Gasteiger partial charge in [0.25, 0.3) is 0 Å². The molecule has 2 aromatic rings. The van der Waals surface area contributed by atoms with Gasteiger partial charge in [-0.15, -0.1) is 10.2 Å². The molecule has 0 saturated carbocycles. The molecule has 0 bridgehead atoms. The number of nitrogens with zero attached hydrogens (tertiary/aromatic N) is 3. The fraction of sp³-hybridized carbons (Fsp3) is 0.111. The third-order valence-corrected chi connectivity index (χ3v) is 4.87. The fourth-order valence-electron chi connectivity index (χ4n) is 1.12. The van der Waals surface area contributed by atoms with Crippen LogP contribution in [0.15, 0.2) is 25.8 Å². The second-order valence-electron chi connectivity index (χ2n) is 3.05. The summed E-state index contributed by atoms with van der Waals surface area (Å²) in [6.07, 6.45) is 3.34. The van der Waals surface area contributed by atoms with Gasteiger partial charge in [0.2, 0.25) is 0 Å². The number of pyridine rings is 1. The molecule has 0 amide bonds. The molecule has 2 aromatic heterocycles. The average Bonchev–Trinajstić information content (AvgIpc) is 2.79. The molecule has 2 rings (SSSR count). The van der Waals surface area contributed by atoms with Gasteiger partial charge in [-0.05, 0) is 12.3 Å². The Morgan fingerprint density at radius 1 is 1.44 bits per heavy atom. The van der Waals surface area contributed by atoms with Crippen LogP contribution in [0.2, 0.25) is 0 Å². The van der Waals surface area contributed by atoms with Gasteiger partial charge in [0.05, 0.1) is 5.56 Å². The molecule has 0 aliphatic heterocycles. The van der Waals surface area contributed by atoms with Gasteiger partial charge in [-0.25, -0.2) is 9.78 Å². The molecule has 3 N–H and O–H groups in total. The number of nitrogen functional groups attached to an aromatic ring is 1.